The molecule has 21 heavy (non-hydrogen) atoms. The van der Waals surface area contributed by atoms with Crippen molar-refractivity contribution >= 4 is 5.69 Å². The van der Waals surface area contributed by atoms with E-state index in [1.165, 1.54) is 5.56 Å². The molecule has 1 N–H and O–H groups in total. The van der Waals surface area contributed by atoms with Crippen LogP contribution < -0.4 is 14.8 Å². The third-order valence-electron chi connectivity index (χ3n) is 3.33. The molecule has 0 aliphatic rings. The van der Waals surface area contributed by atoms with Gasteiger partial charge in [-0.1, -0.05) is 19.1 Å². The van der Waals surface area contributed by atoms with Gasteiger partial charge in [0.05, 0.1) is 13.7 Å². The Labute approximate surface area is 126 Å². The lowest BCUT2D eigenvalue weighted by molar-refractivity contribution is 0.317. The van der Waals surface area contributed by atoms with Gasteiger partial charge in [0.15, 0.2) is 0 Å². The minimum atomic E-state index is 0.235. The van der Waals surface area contributed by atoms with Crippen molar-refractivity contribution in [3.05, 3.63) is 54.1 Å². The maximum absolute atomic E-state index is 5.58. The molecule has 0 aliphatic carbocycles. The summed E-state index contributed by atoms with van der Waals surface area (Å²) in [5.41, 5.74) is 2.31. The maximum atomic E-state index is 5.58. The average molecular weight is 285 g/mol. The third kappa shape index (κ3) is 4.42. The van der Waals surface area contributed by atoms with Crippen molar-refractivity contribution in [1.82, 2.24) is 0 Å². The molecule has 0 fully saturated rings. The molecule has 2 rings (SSSR count). The van der Waals surface area contributed by atoms with Gasteiger partial charge in [0, 0.05) is 11.7 Å². The molecule has 112 valence electrons. The predicted molar refractivity (Wildman–Crippen MR) is 87.3 cm³/mol. The molecule has 0 bridgehead atoms. The normalized spacial score (nSPS) is 11.8. The second-order valence-electron chi connectivity index (χ2n) is 5.01. The number of methoxy groups -OCH3 is 1. The van der Waals surface area contributed by atoms with Gasteiger partial charge in [-0.05, 0) is 55.3 Å². The Morgan fingerprint density at radius 1 is 0.952 bits per heavy atom. The van der Waals surface area contributed by atoms with Gasteiger partial charge < -0.3 is 14.8 Å². The highest BCUT2D eigenvalue weighted by Crippen LogP contribution is 2.23. The number of nitrogens with one attached hydrogen (secondary N) is 1. The molecular weight excluding hydrogens is 262 g/mol. The van der Waals surface area contributed by atoms with Crippen LogP contribution in [0.5, 0.6) is 11.5 Å². The second-order valence-corrected chi connectivity index (χ2v) is 5.01. The first-order chi connectivity index (χ1) is 10.2. The van der Waals surface area contributed by atoms with Crippen LogP contribution in [0.25, 0.3) is 0 Å². The van der Waals surface area contributed by atoms with Gasteiger partial charge in [-0.15, -0.1) is 0 Å². The highest BCUT2D eigenvalue weighted by molar-refractivity contribution is 5.48. The monoisotopic (exact) mass is 285 g/mol. The molecule has 0 saturated heterocycles. The first-order valence-electron chi connectivity index (χ1n) is 7.36. The number of anilines is 1. The lowest BCUT2D eigenvalue weighted by atomic mass is 10.1. The zero-order chi connectivity index (χ0) is 15.1. The van der Waals surface area contributed by atoms with E-state index in [-0.39, 0.29) is 6.04 Å². The van der Waals surface area contributed by atoms with Crippen molar-refractivity contribution in [1.29, 1.82) is 0 Å². The maximum Gasteiger partial charge on any atom is 0.119 e. The van der Waals surface area contributed by atoms with E-state index in [4.69, 9.17) is 9.47 Å². The third-order valence-corrected chi connectivity index (χ3v) is 3.33. The molecule has 3 heteroatoms. The molecule has 3 nitrogen and oxygen atoms in total. The number of ether oxygens (including phenoxy) is 2. The second kappa shape index (κ2) is 7.58. The van der Waals surface area contributed by atoms with E-state index < -0.39 is 0 Å². The SMILES string of the molecule is CCCOc1ccc(NC(C)c2ccc(OC)cc2)cc1. The molecule has 0 saturated carbocycles. The molecule has 2 aromatic rings. The summed E-state index contributed by atoms with van der Waals surface area (Å²) in [5.74, 6) is 1.79. The fraction of sp³-hybridized carbons (Fsp3) is 0.333. The van der Waals surface area contributed by atoms with Gasteiger partial charge >= 0.3 is 0 Å². The zero-order valence-corrected chi connectivity index (χ0v) is 12.9. The quantitative estimate of drug-likeness (QED) is 0.802. The van der Waals surface area contributed by atoms with Crippen LogP contribution in [-0.2, 0) is 0 Å². The Bertz CT molecular complexity index is 534. The van der Waals surface area contributed by atoms with Crippen LogP contribution >= 0.6 is 0 Å². The first kappa shape index (κ1) is 15.2. The Morgan fingerprint density at radius 3 is 2.14 bits per heavy atom. The summed E-state index contributed by atoms with van der Waals surface area (Å²) >= 11 is 0. The van der Waals surface area contributed by atoms with Crippen molar-refractivity contribution in [2.75, 3.05) is 19.0 Å². The van der Waals surface area contributed by atoms with Crippen LogP contribution in [0.4, 0.5) is 5.69 Å². The molecular formula is C18H23NO2. The topological polar surface area (TPSA) is 30.5 Å². The number of benzene rings is 2. The lowest BCUT2D eigenvalue weighted by Gasteiger charge is -2.16. The van der Waals surface area contributed by atoms with Crippen molar-refractivity contribution in [3.63, 3.8) is 0 Å². The van der Waals surface area contributed by atoms with E-state index in [2.05, 4.69) is 31.3 Å². The Balaban J connectivity index is 1.96. The van der Waals surface area contributed by atoms with Crippen molar-refractivity contribution in [2.24, 2.45) is 0 Å². The van der Waals surface area contributed by atoms with E-state index in [0.717, 1.165) is 30.2 Å². The van der Waals surface area contributed by atoms with Crippen molar-refractivity contribution in [3.8, 4) is 11.5 Å². The number of hydrogen-bond donors (Lipinski definition) is 1. The molecule has 0 spiro atoms. The Kier molecular flexibility index (Phi) is 5.50. The fourth-order valence-corrected chi connectivity index (χ4v) is 2.09. The summed E-state index contributed by atoms with van der Waals surface area (Å²) < 4.78 is 10.8. The van der Waals surface area contributed by atoms with E-state index in [9.17, 15) is 0 Å². The van der Waals surface area contributed by atoms with Gasteiger partial charge in [-0.25, -0.2) is 0 Å². The minimum absolute atomic E-state index is 0.235. The summed E-state index contributed by atoms with van der Waals surface area (Å²) in [6.07, 6.45) is 1.02. The van der Waals surface area contributed by atoms with Gasteiger partial charge in [0.25, 0.3) is 0 Å². The van der Waals surface area contributed by atoms with E-state index in [1.807, 2.05) is 36.4 Å². The summed E-state index contributed by atoms with van der Waals surface area (Å²) in [5, 5.41) is 3.48. The Hall–Kier alpha value is -2.16. The zero-order valence-electron chi connectivity index (χ0n) is 12.9. The molecule has 0 aliphatic heterocycles. The molecule has 0 aromatic heterocycles. The molecule has 0 radical (unpaired) electrons. The van der Waals surface area contributed by atoms with Crippen LogP contribution in [0.1, 0.15) is 31.9 Å². The standard InChI is InChI=1S/C18H23NO2/c1-4-13-21-18-11-7-16(8-12-18)19-14(2)15-5-9-17(20-3)10-6-15/h5-12,14,19H,4,13H2,1-3H3. The summed E-state index contributed by atoms with van der Waals surface area (Å²) in [7, 11) is 1.68. The molecule has 1 atom stereocenters. The summed E-state index contributed by atoms with van der Waals surface area (Å²) in [6, 6.07) is 16.4. The van der Waals surface area contributed by atoms with Crippen molar-refractivity contribution < 1.29 is 9.47 Å². The van der Waals surface area contributed by atoms with Gasteiger partial charge in [0.2, 0.25) is 0 Å². The average Bonchev–Trinajstić information content (AvgIpc) is 2.54. The molecule has 2 aromatic carbocycles. The Morgan fingerprint density at radius 2 is 1.57 bits per heavy atom. The first-order valence-corrected chi connectivity index (χ1v) is 7.36. The molecule has 1 unspecified atom stereocenters. The lowest BCUT2D eigenvalue weighted by Crippen LogP contribution is -2.06. The largest absolute Gasteiger partial charge is 0.497 e. The van der Waals surface area contributed by atoms with Crippen LogP contribution in [0, 0.1) is 0 Å². The van der Waals surface area contributed by atoms with Crippen LogP contribution in [0.15, 0.2) is 48.5 Å². The number of hydrogen-bond acceptors (Lipinski definition) is 3. The smallest absolute Gasteiger partial charge is 0.119 e. The fourth-order valence-electron chi connectivity index (χ4n) is 2.09. The highest BCUT2D eigenvalue weighted by atomic mass is 16.5. The van der Waals surface area contributed by atoms with Crippen LogP contribution in [0.3, 0.4) is 0 Å². The van der Waals surface area contributed by atoms with Crippen LogP contribution in [-0.4, -0.2) is 13.7 Å². The summed E-state index contributed by atoms with van der Waals surface area (Å²) in [4.78, 5) is 0. The van der Waals surface area contributed by atoms with E-state index in [0.29, 0.717) is 0 Å². The summed E-state index contributed by atoms with van der Waals surface area (Å²) in [6.45, 7) is 5.00. The molecule has 0 amide bonds. The van der Waals surface area contributed by atoms with E-state index in [1.54, 1.807) is 7.11 Å². The molecule has 0 heterocycles. The number of rotatable bonds is 7. The highest BCUT2D eigenvalue weighted by Gasteiger charge is 2.05. The van der Waals surface area contributed by atoms with E-state index >= 15 is 0 Å². The van der Waals surface area contributed by atoms with Crippen LogP contribution in [0.2, 0.25) is 0 Å². The minimum Gasteiger partial charge on any atom is -0.497 e. The van der Waals surface area contributed by atoms with Gasteiger partial charge in [-0.2, -0.15) is 0 Å². The van der Waals surface area contributed by atoms with Gasteiger partial charge in [-0.3, -0.25) is 0 Å². The van der Waals surface area contributed by atoms with Crippen molar-refractivity contribution in [2.45, 2.75) is 26.3 Å². The van der Waals surface area contributed by atoms with Gasteiger partial charge in [0.1, 0.15) is 11.5 Å². The predicted octanol–water partition coefficient (Wildman–Crippen LogP) is 4.66.